The minimum Gasteiger partial charge on any atom is -0.308 e. The fourth-order valence-corrected chi connectivity index (χ4v) is 13.4. The molecule has 9 aromatic carbocycles. The van der Waals surface area contributed by atoms with Gasteiger partial charge in [-0.3, -0.25) is 0 Å². The third-order valence-corrected chi connectivity index (χ3v) is 16.5. The fraction of sp³-hybridized carbons (Fsp3) is 0.129. The highest BCUT2D eigenvalue weighted by Gasteiger charge is 2.27. The summed E-state index contributed by atoms with van der Waals surface area (Å²) in [4.78, 5) is 0. The van der Waals surface area contributed by atoms with E-state index in [1.807, 2.05) is 41.5 Å². The van der Waals surface area contributed by atoms with E-state index in [0.29, 0.717) is 22.3 Å². The van der Waals surface area contributed by atoms with Crippen molar-refractivity contribution in [1.82, 2.24) is 8.80 Å². The molecule has 15 aromatic rings. The SMILES string of the molecule is [2H]c1c([2H])c(C(C)(C)C)c([2H])c([2H])c1-c1cc2c3cc4c(cc3n3c5ccc6sc7ccccc7c6c5c(c1)c23)c1cc(-c2c([2H])c([2H])c(C(C)(C)C)c([2H])c2[2H])cc2c3c5c(ccc3n4c12)sc1ccccc15. The number of aromatic nitrogens is 2. The van der Waals surface area contributed by atoms with Crippen LogP contribution in [0.4, 0.5) is 0 Å². The normalized spacial score (nSPS) is 15.0. The molecule has 314 valence electrons. The summed E-state index contributed by atoms with van der Waals surface area (Å²) in [7, 11) is 0. The minimum absolute atomic E-state index is 0.0249. The molecule has 6 heterocycles. The Bertz CT molecular complexity index is 4700. The van der Waals surface area contributed by atoms with Crippen molar-refractivity contribution < 1.29 is 11.0 Å². The first-order chi connectivity index (χ1) is 35.3. The number of rotatable bonds is 2. The third-order valence-electron chi connectivity index (χ3n) is 14.2. The Morgan fingerprint density at radius 3 is 1.15 bits per heavy atom. The summed E-state index contributed by atoms with van der Waals surface area (Å²) in [5.41, 5.74) is 7.38. The summed E-state index contributed by atoms with van der Waals surface area (Å²) in [5.74, 6) is 0. The Kier molecular flexibility index (Phi) is 5.72. The molecule has 0 spiro atoms. The first kappa shape index (κ1) is 30.3. The Balaban J connectivity index is 1.14. The zero-order chi connectivity index (χ0) is 51.1. The number of hydrogen-bond donors (Lipinski definition) is 0. The van der Waals surface area contributed by atoms with Gasteiger partial charge in [0.05, 0.1) is 44.1 Å². The minimum atomic E-state index is -0.609. The molecular formula is C62H44N2S2. The second-order valence-electron chi connectivity index (χ2n) is 20.3. The standard InChI is InChI=1S/C62H44N2S2/c1-61(2,3)37-19-15-33(16-20-37)35-27-43-41-31-50-42(32-49(41)63-47-23-25-53-57(55(47)45(29-35)59(43)63)39-11-7-9-13-51(39)65-53)44-28-36(34-17-21-38(22-18-34)62(4,5)6)30-46-56-48(64(50)60(44)46)24-26-54-58(56)40-12-8-10-14-52(40)66-54/h7-32H,1-6H3/i15D,16D,17D,18D,19D,20D,21D,22D. The Hall–Kier alpha value is -6.98. The molecule has 0 atom stereocenters. The molecule has 4 heteroatoms. The van der Waals surface area contributed by atoms with Crippen molar-refractivity contribution in [2.24, 2.45) is 0 Å². The maximum absolute atomic E-state index is 9.54. The van der Waals surface area contributed by atoms with Crippen LogP contribution in [0.2, 0.25) is 0 Å². The van der Waals surface area contributed by atoms with E-state index in [-0.39, 0.29) is 59.5 Å². The summed E-state index contributed by atoms with van der Waals surface area (Å²) in [5, 5.41) is 12.5. The van der Waals surface area contributed by atoms with Gasteiger partial charge < -0.3 is 8.80 Å². The maximum atomic E-state index is 9.54. The quantitative estimate of drug-likeness (QED) is 0.164. The molecule has 15 rings (SSSR count). The van der Waals surface area contributed by atoms with Crippen molar-refractivity contribution in [3.63, 3.8) is 0 Å². The van der Waals surface area contributed by atoms with Crippen molar-refractivity contribution in [2.45, 2.75) is 52.4 Å². The molecule has 6 aromatic heterocycles. The van der Waals surface area contributed by atoms with Gasteiger partial charge in [0, 0.05) is 83.4 Å². The van der Waals surface area contributed by atoms with E-state index >= 15 is 0 Å². The first-order valence-corrected chi connectivity index (χ1v) is 24.2. The Morgan fingerprint density at radius 2 is 0.742 bits per heavy atom. The Labute approximate surface area is 400 Å². The van der Waals surface area contributed by atoms with Crippen LogP contribution in [0, 0.1) is 0 Å². The molecule has 0 fully saturated rings. The fourth-order valence-electron chi connectivity index (χ4n) is 11.1. The molecule has 0 unspecified atom stereocenters. The van der Waals surface area contributed by atoms with Crippen LogP contribution in [-0.4, -0.2) is 8.80 Å². The van der Waals surface area contributed by atoms with E-state index in [4.69, 9.17) is 0 Å². The van der Waals surface area contributed by atoms with E-state index < -0.39 is 10.8 Å². The number of fused-ring (bicyclic) bond motifs is 20. The molecule has 0 amide bonds. The van der Waals surface area contributed by atoms with E-state index in [1.165, 1.54) is 9.40 Å². The highest BCUT2D eigenvalue weighted by molar-refractivity contribution is 7.26. The summed E-state index contributed by atoms with van der Waals surface area (Å²) < 4.78 is 84.8. The smallest absolute Gasteiger partial charge is 0.0629 e. The van der Waals surface area contributed by atoms with Crippen molar-refractivity contribution in [3.8, 4) is 22.3 Å². The predicted octanol–water partition coefficient (Wildman–Crippen LogP) is 18.7. The summed E-state index contributed by atoms with van der Waals surface area (Å²) in [6.45, 7) is 11.6. The molecule has 2 nitrogen and oxygen atoms in total. The summed E-state index contributed by atoms with van der Waals surface area (Å²) in [6.07, 6.45) is 0. The highest BCUT2D eigenvalue weighted by Crippen LogP contribution is 2.51. The van der Waals surface area contributed by atoms with Gasteiger partial charge in [0.2, 0.25) is 0 Å². The average molecular weight is 889 g/mol. The molecule has 0 aliphatic heterocycles. The van der Waals surface area contributed by atoms with Crippen LogP contribution in [0.3, 0.4) is 0 Å². The summed E-state index contributed by atoms with van der Waals surface area (Å²) >= 11 is 3.52. The van der Waals surface area contributed by atoms with Gasteiger partial charge in [0.15, 0.2) is 0 Å². The lowest BCUT2D eigenvalue weighted by atomic mass is 9.86. The number of thiophene rings is 2. The van der Waals surface area contributed by atoms with Crippen LogP contribution in [0.1, 0.15) is 63.6 Å². The van der Waals surface area contributed by atoms with Gasteiger partial charge in [-0.15, -0.1) is 22.7 Å². The average Bonchev–Trinajstić information content (AvgIpc) is 4.24. The van der Waals surface area contributed by atoms with Gasteiger partial charge in [-0.2, -0.15) is 0 Å². The van der Waals surface area contributed by atoms with Crippen LogP contribution in [0.25, 0.3) is 139 Å². The van der Waals surface area contributed by atoms with Gasteiger partial charge in [-0.1, -0.05) is 126 Å². The van der Waals surface area contributed by atoms with Crippen molar-refractivity contribution in [2.75, 3.05) is 0 Å². The lowest BCUT2D eigenvalue weighted by molar-refractivity contribution is 0.590. The number of benzene rings is 9. The van der Waals surface area contributed by atoms with Gasteiger partial charge in [0.25, 0.3) is 0 Å². The van der Waals surface area contributed by atoms with Crippen LogP contribution in [0.15, 0.2) is 158 Å². The highest BCUT2D eigenvalue weighted by atomic mass is 32.1. The molecule has 0 saturated carbocycles. The van der Waals surface area contributed by atoms with Gasteiger partial charge in [0.1, 0.15) is 0 Å². The zero-order valence-electron chi connectivity index (χ0n) is 45.1. The van der Waals surface area contributed by atoms with Gasteiger partial charge in [-0.05, 0) is 117 Å². The van der Waals surface area contributed by atoms with E-state index in [9.17, 15) is 11.0 Å². The van der Waals surface area contributed by atoms with Crippen molar-refractivity contribution in [3.05, 3.63) is 169 Å². The maximum Gasteiger partial charge on any atom is 0.0629 e. The summed E-state index contributed by atoms with van der Waals surface area (Å²) in [6, 6.07) is 38.4. The zero-order valence-corrected chi connectivity index (χ0v) is 38.7. The van der Waals surface area contributed by atoms with E-state index in [2.05, 4.69) is 118 Å². The molecule has 66 heavy (non-hydrogen) atoms. The number of hydrogen-bond acceptors (Lipinski definition) is 2. The van der Waals surface area contributed by atoms with Crippen LogP contribution in [-0.2, 0) is 10.8 Å². The second-order valence-corrected chi connectivity index (χ2v) is 22.4. The largest absolute Gasteiger partial charge is 0.308 e. The molecular weight excluding hydrogens is 837 g/mol. The van der Waals surface area contributed by atoms with Crippen LogP contribution in [0.5, 0.6) is 0 Å². The second kappa shape index (κ2) is 12.5. The molecule has 0 aliphatic rings. The molecule has 0 saturated heterocycles. The van der Waals surface area contributed by atoms with Crippen LogP contribution < -0.4 is 0 Å². The third kappa shape index (κ3) is 4.80. The van der Waals surface area contributed by atoms with Crippen molar-refractivity contribution >= 4 is 139 Å². The molecule has 0 bridgehead atoms. The van der Waals surface area contributed by atoms with Crippen LogP contribution >= 0.6 is 22.7 Å². The lowest BCUT2D eigenvalue weighted by Crippen LogP contribution is -2.10. The topological polar surface area (TPSA) is 8.82 Å². The molecule has 0 N–H and O–H groups in total. The molecule has 0 radical (unpaired) electrons. The lowest BCUT2D eigenvalue weighted by Gasteiger charge is -2.19. The molecule has 0 aliphatic carbocycles. The monoisotopic (exact) mass is 888 g/mol. The first-order valence-electron chi connectivity index (χ1n) is 26.6. The van der Waals surface area contributed by atoms with Gasteiger partial charge >= 0.3 is 0 Å². The number of nitrogens with zero attached hydrogens (tertiary/aromatic N) is 2. The predicted molar refractivity (Wildman–Crippen MR) is 290 cm³/mol. The van der Waals surface area contributed by atoms with E-state index in [1.54, 1.807) is 22.7 Å². The van der Waals surface area contributed by atoms with Crippen molar-refractivity contribution in [1.29, 1.82) is 0 Å². The Morgan fingerprint density at radius 1 is 0.348 bits per heavy atom. The van der Waals surface area contributed by atoms with E-state index in [0.717, 1.165) is 107 Å². The van der Waals surface area contributed by atoms with Gasteiger partial charge in [-0.25, -0.2) is 0 Å².